The van der Waals surface area contributed by atoms with Gasteiger partial charge in [-0.15, -0.1) is 0 Å². The van der Waals surface area contributed by atoms with Crippen LogP contribution in [-0.4, -0.2) is 21.9 Å². The van der Waals surface area contributed by atoms with Crippen LogP contribution >= 0.6 is 0 Å². The van der Waals surface area contributed by atoms with Crippen molar-refractivity contribution < 1.29 is 4.79 Å². The predicted molar refractivity (Wildman–Crippen MR) is 77.6 cm³/mol. The highest BCUT2D eigenvalue weighted by molar-refractivity contribution is 5.92. The number of hydrogen-bond acceptors (Lipinski definition) is 3. The predicted octanol–water partition coefficient (Wildman–Crippen LogP) is 1.81. The zero-order valence-corrected chi connectivity index (χ0v) is 12.0. The first kappa shape index (κ1) is 14.5. The van der Waals surface area contributed by atoms with Crippen LogP contribution in [0.25, 0.3) is 0 Å². The molecule has 0 fully saturated rings. The van der Waals surface area contributed by atoms with Gasteiger partial charge in [0, 0.05) is 11.7 Å². The Balaban J connectivity index is 2.12. The molecule has 2 rings (SSSR count). The SMILES string of the molecule is CC(C)Cc1cc(C(=O)NC2C=CCCC2)nc(=O)[nH]1. The van der Waals surface area contributed by atoms with E-state index in [1.165, 1.54) is 0 Å². The Morgan fingerprint density at radius 3 is 3.00 bits per heavy atom. The second kappa shape index (κ2) is 6.50. The molecule has 0 bridgehead atoms. The van der Waals surface area contributed by atoms with Crippen LogP contribution in [0.3, 0.4) is 0 Å². The summed E-state index contributed by atoms with van der Waals surface area (Å²) in [5, 5.41) is 2.90. The third-order valence-corrected chi connectivity index (χ3v) is 3.23. The average molecular weight is 275 g/mol. The molecule has 0 aliphatic heterocycles. The molecule has 2 N–H and O–H groups in total. The summed E-state index contributed by atoms with van der Waals surface area (Å²) in [6, 6.07) is 1.72. The van der Waals surface area contributed by atoms with Crippen molar-refractivity contribution in [3.8, 4) is 0 Å². The number of allylic oxidation sites excluding steroid dienone is 1. The maximum atomic E-state index is 12.1. The Kier molecular flexibility index (Phi) is 4.71. The smallest absolute Gasteiger partial charge is 0.345 e. The number of aromatic amines is 1. The Bertz CT molecular complexity index is 560. The summed E-state index contributed by atoms with van der Waals surface area (Å²) in [6.45, 7) is 4.12. The van der Waals surface area contributed by atoms with Crippen LogP contribution in [-0.2, 0) is 6.42 Å². The van der Waals surface area contributed by atoms with Gasteiger partial charge in [-0.2, -0.15) is 4.98 Å². The van der Waals surface area contributed by atoms with Gasteiger partial charge in [-0.1, -0.05) is 26.0 Å². The molecule has 0 saturated carbocycles. The Morgan fingerprint density at radius 1 is 1.55 bits per heavy atom. The van der Waals surface area contributed by atoms with Crippen molar-refractivity contribution in [2.45, 2.75) is 45.6 Å². The van der Waals surface area contributed by atoms with E-state index in [9.17, 15) is 9.59 Å². The first-order chi connectivity index (χ1) is 9.54. The number of H-pyrrole nitrogens is 1. The molecule has 1 atom stereocenters. The fourth-order valence-corrected chi connectivity index (χ4v) is 2.35. The van der Waals surface area contributed by atoms with Gasteiger partial charge in [-0.25, -0.2) is 4.79 Å². The van der Waals surface area contributed by atoms with E-state index in [0.29, 0.717) is 5.92 Å². The minimum Gasteiger partial charge on any atom is -0.345 e. The fraction of sp³-hybridized carbons (Fsp3) is 0.533. The molecule has 1 unspecified atom stereocenters. The van der Waals surface area contributed by atoms with E-state index in [0.717, 1.165) is 31.4 Å². The lowest BCUT2D eigenvalue weighted by molar-refractivity contribution is 0.0936. The Morgan fingerprint density at radius 2 is 2.35 bits per heavy atom. The van der Waals surface area contributed by atoms with Crippen LogP contribution in [0, 0.1) is 5.92 Å². The summed E-state index contributed by atoms with van der Waals surface area (Å²) in [7, 11) is 0. The standard InChI is InChI=1S/C15H21N3O2/c1-10(2)8-12-9-13(18-15(20)17-12)14(19)16-11-6-4-3-5-7-11/h4,6,9-11H,3,5,7-8H2,1-2H3,(H,16,19)(H,17,18,20). The molecule has 1 heterocycles. The molecule has 1 aromatic heterocycles. The van der Waals surface area contributed by atoms with Crippen molar-refractivity contribution in [1.29, 1.82) is 0 Å². The topological polar surface area (TPSA) is 74.8 Å². The highest BCUT2D eigenvalue weighted by atomic mass is 16.2. The number of carbonyl (C=O) groups excluding carboxylic acids is 1. The number of nitrogens with zero attached hydrogens (tertiary/aromatic N) is 1. The molecule has 1 aliphatic carbocycles. The van der Waals surface area contributed by atoms with Crippen molar-refractivity contribution in [3.63, 3.8) is 0 Å². The number of hydrogen-bond donors (Lipinski definition) is 2. The van der Waals surface area contributed by atoms with Crippen LogP contribution in [0.4, 0.5) is 0 Å². The first-order valence-electron chi connectivity index (χ1n) is 7.12. The maximum Gasteiger partial charge on any atom is 0.345 e. The average Bonchev–Trinajstić information content (AvgIpc) is 2.38. The molecule has 108 valence electrons. The van der Waals surface area contributed by atoms with Crippen molar-refractivity contribution in [3.05, 3.63) is 40.1 Å². The summed E-state index contributed by atoms with van der Waals surface area (Å²) in [4.78, 5) is 30.1. The third-order valence-electron chi connectivity index (χ3n) is 3.23. The molecule has 5 nitrogen and oxygen atoms in total. The second-order valence-corrected chi connectivity index (χ2v) is 5.63. The fourth-order valence-electron chi connectivity index (χ4n) is 2.35. The molecule has 0 spiro atoms. The Labute approximate surface area is 118 Å². The number of rotatable bonds is 4. The molecule has 0 radical (unpaired) electrons. The van der Waals surface area contributed by atoms with Crippen LogP contribution in [0.15, 0.2) is 23.0 Å². The lowest BCUT2D eigenvalue weighted by atomic mass is 10.0. The van der Waals surface area contributed by atoms with Gasteiger partial charge in [0.05, 0.1) is 0 Å². The Hall–Kier alpha value is -1.91. The molecular formula is C15H21N3O2. The van der Waals surface area contributed by atoms with Gasteiger partial charge in [0.15, 0.2) is 0 Å². The third kappa shape index (κ3) is 4.05. The lowest BCUT2D eigenvalue weighted by Crippen LogP contribution is -2.36. The number of aromatic nitrogens is 2. The lowest BCUT2D eigenvalue weighted by Gasteiger charge is -2.17. The van der Waals surface area contributed by atoms with Crippen LogP contribution in [0.1, 0.15) is 49.3 Å². The number of amides is 1. The van der Waals surface area contributed by atoms with Crippen molar-refractivity contribution in [2.24, 2.45) is 5.92 Å². The van der Waals surface area contributed by atoms with Crippen molar-refractivity contribution in [2.75, 3.05) is 0 Å². The van der Waals surface area contributed by atoms with Crippen LogP contribution in [0.5, 0.6) is 0 Å². The molecule has 5 heteroatoms. The van der Waals surface area contributed by atoms with Gasteiger partial charge in [-0.3, -0.25) is 4.79 Å². The van der Waals surface area contributed by atoms with Gasteiger partial charge in [-0.05, 0) is 37.7 Å². The monoisotopic (exact) mass is 275 g/mol. The second-order valence-electron chi connectivity index (χ2n) is 5.63. The quantitative estimate of drug-likeness (QED) is 0.823. The van der Waals surface area contributed by atoms with E-state index < -0.39 is 5.69 Å². The maximum absolute atomic E-state index is 12.1. The van der Waals surface area contributed by atoms with Gasteiger partial charge < -0.3 is 10.3 Å². The highest BCUT2D eigenvalue weighted by Crippen LogP contribution is 2.11. The van der Waals surface area contributed by atoms with Crippen molar-refractivity contribution in [1.82, 2.24) is 15.3 Å². The van der Waals surface area contributed by atoms with Gasteiger partial charge in [0.2, 0.25) is 0 Å². The summed E-state index contributed by atoms with van der Waals surface area (Å²) < 4.78 is 0. The minimum atomic E-state index is -0.465. The molecule has 0 aromatic carbocycles. The van der Waals surface area contributed by atoms with Gasteiger partial charge >= 0.3 is 5.69 Å². The zero-order valence-electron chi connectivity index (χ0n) is 12.0. The summed E-state index contributed by atoms with van der Waals surface area (Å²) in [5.74, 6) is 0.128. The molecule has 20 heavy (non-hydrogen) atoms. The van der Waals surface area contributed by atoms with Crippen LogP contribution < -0.4 is 11.0 Å². The molecule has 0 saturated heterocycles. The van der Waals surface area contributed by atoms with Crippen LogP contribution in [0.2, 0.25) is 0 Å². The number of carbonyl (C=O) groups is 1. The summed E-state index contributed by atoms with van der Waals surface area (Å²) in [5.41, 5.74) is 0.486. The van der Waals surface area contributed by atoms with E-state index in [1.807, 2.05) is 6.08 Å². The molecule has 1 aliphatic rings. The molecular weight excluding hydrogens is 254 g/mol. The van der Waals surface area contributed by atoms with Gasteiger partial charge in [0.1, 0.15) is 5.69 Å². The van der Waals surface area contributed by atoms with Gasteiger partial charge in [0.25, 0.3) is 5.91 Å². The summed E-state index contributed by atoms with van der Waals surface area (Å²) in [6.07, 6.45) is 7.87. The molecule has 1 amide bonds. The van der Waals surface area contributed by atoms with Crippen molar-refractivity contribution >= 4 is 5.91 Å². The largest absolute Gasteiger partial charge is 0.345 e. The highest BCUT2D eigenvalue weighted by Gasteiger charge is 2.15. The zero-order chi connectivity index (χ0) is 14.5. The van der Waals surface area contributed by atoms with E-state index in [4.69, 9.17) is 0 Å². The normalized spacial score (nSPS) is 18.2. The summed E-state index contributed by atoms with van der Waals surface area (Å²) >= 11 is 0. The number of nitrogens with one attached hydrogen (secondary N) is 2. The van der Waals surface area contributed by atoms with E-state index in [2.05, 4.69) is 35.2 Å². The van der Waals surface area contributed by atoms with E-state index >= 15 is 0 Å². The van der Waals surface area contributed by atoms with E-state index in [-0.39, 0.29) is 17.6 Å². The molecule has 1 aromatic rings. The first-order valence-corrected chi connectivity index (χ1v) is 7.12. The minimum absolute atomic E-state index is 0.0471. The van der Waals surface area contributed by atoms with E-state index in [1.54, 1.807) is 6.07 Å².